The Bertz CT molecular complexity index is 1250. The Morgan fingerprint density at radius 1 is 1.03 bits per heavy atom. The summed E-state index contributed by atoms with van der Waals surface area (Å²) in [7, 11) is -3.62. The van der Waals surface area contributed by atoms with Gasteiger partial charge in [-0.15, -0.1) is 0 Å². The third kappa shape index (κ3) is 5.85. The maximum absolute atomic E-state index is 13.7. The van der Waals surface area contributed by atoms with Crippen molar-refractivity contribution in [2.75, 3.05) is 10.6 Å². The average Bonchev–Trinajstić information content (AvgIpc) is 2.74. The lowest BCUT2D eigenvalue weighted by Crippen LogP contribution is -2.29. The summed E-state index contributed by atoms with van der Waals surface area (Å²) in [4.78, 5) is 12.3. The van der Waals surface area contributed by atoms with E-state index in [4.69, 9.17) is 23.2 Å². The SMILES string of the molecule is CS(=O)(=O)N(Cc1ccccc1Cl)c1ccc(C(=O)N/N=C\c2c(F)cccc2Cl)cc1. The smallest absolute Gasteiger partial charge is 0.267 e. The van der Waals surface area contributed by atoms with Crippen LogP contribution in [0.4, 0.5) is 10.1 Å². The van der Waals surface area contributed by atoms with Gasteiger partial charge in [-0.2, -0.15) is 5.10 Å². The fourth-order valence-corrected chi connectivity index (χ4v) is 4.10. The predicted molar refractivity (Wildman–Crippen MR) is 125 cm³/mol. The van der Waals surface area contributed by atoms with E-state index in [1.807, 2.05) is 0 Å². The molecule has 3 aromatic rings. The van der Waals surface area contributed by atoms with Crippen LogP contribution in [-0.4, -0.2) is 26.8 Å². The average molecular weight is 494 g/mol. The number of anilines is 1. The monoisotopic (exact) mass is 493 g/mol. The van der Waals surface area contributed by atoms with E-state index in [9.17, 15) is 17.6 Å². The lowest BCUT2D eigenvalue weighted by molar-refractivity contribution is 0.0955. The number of nitrogens with one attached hydrogen (secondary N) is 1. The molecule has 0 spiro atoms. The first-order valence-electron chi connectivity index (χ1n) is 9.25. The molecule has 3 rings (SSSR count). The Morgan fingerprint density at radius 3 is 2.31 bits per heavy atom. The van der Waals surface area contributed by atoms with Crippen LogP contribution in [0.15, 0.2) is 71.8 Å². The van der Waals surface area contributed by atoms with Crippen LogP contribution in [0.5, 0.6) is 0 Å². The van der Waals surface area contributed by atoms with E-state index in [1.54, 1.807) is 24.3 Å². The minimum atomic E-state index is -3.62. The van der Waals surface area contributed by atoms with E-state index in [1.165, 1.54) is 46.8 Å². The van der Waals surface area contributed by atoms with Gasteiger partial charge in [0.05, 0.1) is 29.7 Å². The van der Waals surface area contributed by atoms with Gasteiger partial charge in [0.25, 0.3) is 5.91 Å². The molecule has 0 fully saturated rings. The van der Waals surface area contributed by atoms with E-state index in [2.05, 4.69) is 10.5 Å². The molecule has 6 nitrogen and oxygen atoms in total. The molecule has 0 bridgehead atoms. The topological polar surface area (TPSA) is 78.8 Å². The van der Waals surface area contributed by atoms with Crippen LogP contribution in [0.2, 0.25) is 10.0 Å². The molecule has 0 aromatic heterocycles. The fourth-order valence-electron chi connectivity index (χ4n) is 2.81. The maximum Gasteiger partial charge on any atom is 0.271 e. The highest BCUT2D eigenvalue weighted by Gasteiger charge is 2.19. The predicted octanol–water partition coefficient (Wildman–Crippen LogP) is 4.86. The fraction of sp³-hybridized carbons (Fsp3) is 0.0909. The van der Waals surface area contributed by atoms with Gasteiger partial charge in [0.1, 0.15) is 5.82 Å². The third-order valence-electron chi connectivity index (χ3n) is 4.45. The number of nitrogens with zero attached hydrogens (tertiary/aromatic N) is 2. The maximum atomic E-state index is 13.7. The lowest BCUT2D eigenvalue weighted by Gasteiger charge is -2.23. The summed E-state index contributed by atoms with van der Waals surface area (Å²) in [5, 5.41) is 4.34. The molecular weight excluding hydrogens is 476 g/mol. The quantitative estimate of drug-likeness (QED) is 0.376. The van der Waals surface area contributed by atoms with E-state index in [-0.39, 0.29) is 22.7 Å². The van der Waals surface area contributed by atoms with Crippen LogP contribution >= 0.6 is 23.2 Å². The molecular formula is C22H18Cl2FN3O3S. The van der Waals surface area contributed by atoms with Gasteiger partial charge in [-0.3, -0.25) is 9.10 Å². The zero-order valence-corrected chi connectivity index (χ0v) is 19.1. The molecule has 0 radical (unpaired) electrons. The van der Waals surface area contributed by atoms with Crippen molar-refractivity contribution in [3.63, 3.8) is 0 Å². The molecule has 0 atom stereocenters. The van der Waals surface area contributed by atoms with Crippen molar-refractivity contribution in [3.05, 3.63) is 99.3 Å². The second kappa shape index (κ2) is 10.1. The van der Waals surface area contributed by atoms with Gasteiger partial charge in [0, 0.05) is 16.1 Å². The van der Waals surface area contributed by atoms with Crippen molar-refractivity contribution in [1.82, 2.24) is 5.43 Å². The highest BCUT2D eigenvalue weighted by Crippen LogP contribution is 2.24. The largest absolute Gasteiger partial charge is 0.271 e. The van der Waals surface area contributed by atoms with Gasteiger partial charge < -0.3 is 0 Å². The van der Waals surface area contributed by atoms with E-state index in [0.717, 1.165) is 12.5 Å². The summed E-state index contributed by atoms with van der Waals surface area (Å²) < 4.78 is 39.6. The number of carbonyl (C=O) groups is 1. The Balaban J connectivity index is 1.75. The van der Waals surface area contributed by atoms with Crippen LogP contribution in [0.25, 0.3) is 0 Å². The zero-order chi connectivity index (χ0) is 23.3. The standard InChI is InChI=1S/C22H18Cl2FN3O3S/c1-32(30,31)28(14-16-5-2-3-6-19(16)23)17-11-9-15(10-12-17)22(29)27-26-13-18-20(24)7-4-8-21(18)25/h2-13H,14H2,1H3,(H,27,29)/b26-13-. The van der Waals surface area contributed by atoms with Gasteiger partial charge in [-0.05, 0) is 48.0 Å². The summed E-state index contributed by atoms with van der Waals surface area (Å²) in [5.74, 6) is -1.13. The number of hydrazone groups is 1. The Hall–Kier alpha value is -2.94. The van der Waals surface area contributed by atoms with Gasteiger partial charge in [-0.1, -0.05) is 47.5 Å². The molecule has 0 aliphatic rings. The zero-order valence-electron chi connectivity index (χ0n) is 16.8. The normalized spacial score (nSPS) is 11.5. The molecule has 3 aromatic carbocycles. The van der Waals surface area contributed by atoms with E-state index < -0.39 is 21.7 Å². The first kappa shape index (κ1) is 23.7. The first-order chi connectivity index (χ1) is 15.2. The van der Waals surface area contributed by atoms with Crippen LogP contribution in [0, 0.1) is 5.82 Å². The molecule has 32 heavy (non-hydrogen) atoms. The first-order valence-corrected chi connectivity index (χ1v) is 11.9. The number of hydrogen-bond donors (Lipinski definition) is 1. The van der Waals surface area contributed by atoms with Crippen LogP contribution < -0.4 is 9.73 Å². The Morgan fingerprint density at radius 2 is 1.69 bits per heavy atom. The minimum Gasteiger partial charge on any atom is -0.267 e. The van der Waals surface area contributed by atoms with E-state index >= 15 is 0 Å². The molecule has 0 aliphatic heterocycles. The van der Waals surface area contributed by atoms with Gasteiger partial charge >= 0.3 is 0 Å². The molecule has 1 N–H and O–H groups in total. The van der Waals surface area contributed by atoms with Crippen molar-refractivity contribution in [3.8, 4) is 0 Å². The second-order valence-electron chi connectivity index (χ2n) is 6.74. The summed E-state index contributed by atoms with van der Waals surface area (Å²) in [6.45, 7) is 0.0394. The molecule has 0 heterocycles. The summed E-state index contributed by atoms with van der Waals surface area (Å²) in [6.07, 6.45) is 2.20. The van der Waals surface area contributed by atoms with Crippen molar-refractivity contribution >= 4 is 51.0 Å². The minimum absolute atomic E-state index is 0.0394. The van der Waals surface area contributed by atoms with Crippen molar-refractivity contribution in [2.45, 2.75) is 6.54 Å². The third-order valence-corrected chi connectivity index (χ3v) is 6.29. The highest BCUT2D eigenvalue weighted by molar-refractivity contribution is 7.92. The summed E-state index contributed by atoms with van der Waals surface area (Å²) in [5.41, 5.74) is 3.57. The Labute approximate surface area is 195 Å². The molecule has 0 aliphatic carbocycles. The molecule has 10 heteroatoms. The van der Waals surface area contributed by atoms with Gasteiger partial charge in [0.15, 0.2) is 0 Å². The van der Waals surface area contributed by atoms with Gasteiger partial charge in [0.2, 0.25) is 10.0 Å². The second-order valence-corrected chi connectivity index (χ2v) is 9.46. The van der Waals surface area contributed by atoms with Gasteiger partial charge in [-0.25, -0.2) is 18.2 Å². The molecule has 1 amide bonds. The number of benzene rings is 3. The number of carbonyl (C=O) groups excluding carboxylic acids is 1. The van der Waals surface area contributed by atoms with E-state index in [0.29, 0.717) is 16.3 Å². The number of rotatable bonds is 7. The van der Waals surface area contributed by atoms with Crippen molar-refractivity contribution < 1.29 is 17.6 Å². The lowest BCUT2D eigenvalue weighted by atomic mass is 10.2. The van der Waals surface area contributed by atoms with Crippen LogP contribution in [0.1, 0.15) is 21.5 Å². The number of sulfonamides is 1. The molecule has 0 unspecified atom stereocenters. The number of amides is 1. The number of halogens is 3. The summed E-state index contributed by atoms with van der Waals surface area (Å²) >= 11 is 12.1. The number of hydrogen-bond acceptors (Lipinski definition) is 4. The van der Waals surface area contributed by atoms with Crippen molar-refractivity contribution in [2.24, 2.45) is 5.10 Å². The Kier molecular flexibility index (Phi) is 7.50. The molecule has 166 valence electrons. The summed E-state index contributed by atoms with van der Waals surface area (Å²) in [6, 6.07) is 17.1. The van der Waals surface area contributed by atoms with Crippen LogP contribution in [-0.2, 0) is 16.6 Å². The highest BCUT2D eigenvalue weighted by atomic mass is 35.5. The molecule has 0 saturated carbocycles. The van der Waals surface area contributed by atoms with Crippen molar-refractivity contribution in [1.29, 1.82) is 0 Å². The molecule has 0 saturated heterocycles. The van der Waals surface area contributed by atoms with Crippen LogP contribution in [0.3, 0.4) is 0 Å².